The molecule has 0 radical (unpaired) electrons. The van der Waals surface area contributed by atoms with E-state index in [1.807, 2.05) is 19.1 Å². The molecule has 0 unspecified atom stereocenters. The van der Waals surface area contributed by atoms with Crippen LogP contribution in [0.1, 0.15) is 16.7 Å². The van der Waals surface area contributed by atoms with Crippen LogP contribution in [0.15, 0.2) is 101 Å². The number of rotatable bonds is 10. The lowest BCUT2D eigenvalue weighted by atomic mass is 10.2. The fraction of sp³-hybridized carbons (Fsp3) is 0.103. The zero-order valence-electron chi connectivity index (χ0n) is 21.2. The van der Waals surface area contributed by atoms with Crippen LogP contribution < -0.4 is 14.5 Å². The van der Waals surface area contributed by atoms with E-state index in [-0.39, 0.29) is 15.6 Å². The quantitative estimate of drug-likeness (QED) is 0.155. The first-order valence-electron chi connectivity index (χ1n) is 12.0. The summed E-state index contributed by atoms with van der Waals surface area (Å²) in [4.78, 5) is 12.8. The van der Waals surface area contributed by atoms with Gasteiger partial charge < -0.3 is 4.74 Å². The van der Waals surface area contributed by atoms with Crippen LogP contribution in [0.5, 0.6) is 5.75 Å². The number of sulfonamides is 1. The van der Waals surface area contributed by atoms with Gasteiger partial charge in [-0.15, -0.1) is 0 Å². The SMILES string of the molecule is Cc1ccc(S(=O)(=O)N(CC(=O)N/N=C/c2ccc(OCc3ccc(Cl)cc3)cc2)c2ccc(Cl)cc2Cl)cc1. The largest absolute Gasteiger partial charge is 0.489 e. The third-order valence-corrected chi connectivity index (χ3v) is 8.24. The number of carbonyl (C=O) groups excluding carboxylic acids is 1. The number of aryl methyl sites for hydroxylation is 1. The maximum absolute atomic E-state index is 13.5. The van der Waals surface area contributed by atoms with Gasteiger partial charge in [-0.1, -0.05) is 64.6 Å². The molecular weight excluding hydrogens is 593 g/mol. The molecule has 1 N–H and O–H groups in total. The Balaban J connectivity index is 1.42. The van der Waals surface area contributed by atoms with Crippen LogP contribution in [0.25, 0.3) is 0 Å². The molecule has 0 atom stereocenters. The number of carbonyl (C=O) groups is 1. The van der Waals surface area contributed by atoms with Crippen molar-refractivity contribution in [1.82, 2.24) is 5.43 Å². The van der Waals surface area contributed by atoms with E-state index in [2.05, 4.69) is 10.5 Å². The molecule has 0 heterocycles. The van der Waals surface area contributed by atoms with Crippen molar-refractivity contribution < 1.29 is 17.9 Å². The van der Waals surface area contributed by atoms with Crippen LogP contribution in [0, 0.1) is 6.92 Å². The molecule has 206 valence electrons. The first-order chi connectivity index (χ1) is 19.1. The Hall–Kier alpha value is -3.56. The molecule has 0 bridgehead atoms. The smallest absolute Gasteiger partial charge is 0.264 e. The van der Waals surface area contributed by atoms with Crippen LogP contribution in [0.4, 0.5) is 5.69 Å². The highest BCUT2D eigenvalue weighted by molar-refractivity contribution is 7.92. The summed E-state index contributed by atoms with van der Waals surface area (Å²) in [5.74, 6) is -0.00574. The number of ether oxygens (including phenoxy) is 1. The third kappa shape index (κ3) is 7.76. The van der Waals surface area contributed by atoms with Crippen LogP contribution in [-0.4, -0.2) is 27.1 Å². The standard InChI is InChI=1S/C29H24Cl3N3O4S/c1-20-2-13-26(14-3-20)40(37,38)35(28-15-10-24(31)16-27(28)32)18-29(36)34-33-17-21-6-11-25(12-7-21)39-19-22-4-8-23(30)9-5-22/h2-17H,18-19H2,1H3,(H,34,36)/b33-17+. The summed E-state index contributed by atoms with van der Waals surface area (Å²) in [5, 5.41) is 5.04. The molecule has 0 aliphatic carbocycles. The maximum atomic E-state index is 13.5. The number of halogens is 3. The van der Waals surface area contributed by atoms with Crippen LogP contribution in [-0.2, 0) is 21.4 Å². The Kier molecular flexibility index (Phi) is 9.71. The van der Waals surface area contributed by atoms with Gasteiger partial charge in [0.25, 0.3) is 15.9 Å². The van der Waals surface area contributed by atoms with E-state index in [1.54, 1.807) is 48.5 Å². The van der Waals surface area contributed by atoms with Gasteiger partial charge in [0.15, 0.2) is 0 Å². The van der Waals surface area contributed by atoms with Crippen molar-refractivity contribution in [3.8, 4) is 5.75 Å². The molecule has 0 aromatic heterocycles. The Bertz CT molecular complexity index is 1610. The summed E-state index contributed by atoms with van der Waals surface area (Å²) in [5.41, 5.74) is 5.06. The summed E-state index contributed by atoms with van der Waals surface area (Å²) in [7, 11) is -4.14. The van der Waals surface area contributed by atoms with Crippen LogP contribution in [0.3, 0.4) is 0 Å². The van der Waals surface area contributed by atoms with Gasteiger partial charge in [0.2, 0.25) is 0 Å². The average molecular weight is 617 g/mol. The van der Waals surface area contributed by atoms with Gasteiger partial charge in [-0.25, -0.2) is 13.8 Å². The molecule has 40 heavy (non-hydrogen) atoms. The summed E-state index contributed by atoms with van der Waals surface area (Å²) >= 11 is 18.2. The van der Waals surface area contributed by atoms with Crippen molar-refractivity contribution in [3.05, 3.63) is 123 Å². The summed E-state index contributed by atoms with van der Waals surface area (Å²) in [6.07, 6.45) is 1.44. The van der Waals surface area contributed by atoms with Crippen molar-refractivity contribution in [1.29, 1.82) is 0 Å². The van der Waals surface area contributed by atoms with Crippen molar-refractivity contribution >= 4 is 62.6 Å². The second-order valence-electron chi connectivity index (χ2n) is 8.70. The lowest BCUT2D eigenvalue weighted by Crippen LogP contribution is -2.39. The maximum Gasteiger partial charge on any atom is 0.264 e. The molecular formula is C29H24Cl3N3O4S. The van der Waals surface area contributed by atoms with Crippen LogP contribution >= 0.6 is 34.8 Å². The van der Waals surface area contributed by atoms with E-state index in [1.165, 1.54) is 36.5 Å². The Labute approximate surface area is 248 Å². The molecule has 0 saturated carbocycles. The minimum atomic E-state index is -4.14. The Morgan fingerprint density at radius 1 is 0.900 bits per heavy atom. The molecule has 0 fully saturated rings. The predicted molar refractivity (Wildman–Crippen MR) is 160 cm³/mol. The minimum absolute atomic E-state index is 0.0128. The molecule has 4 aromatic carbocycles. The average Bonchev–Trinajstić information content (AvgIpc) is 2.93. The number of hydrogen-bond donors (Lipinski definition) is 1. The number of amides is 1. The number of hydrazone groups is 1. The predicted octanol–water partition coefficient (Wildman–Crippen LogP) is 6.88. The molecule has 1 amide bonds. The fourth-order valence-corrected chi connectivity index (χ4v) is 5.69. The zero-order chi connectivity index (χ0) is 28.7. The van der Waals surface area contributed by atoms with Crippen molar-refractivity contribution in [3.63, 3.8) is 0 Å². The van der Waals surface area contributed by atoms with Gasteiger partial charge in [0.05, 0.1) is 21.8 Å². The van der Waals surface area contributed by atoms with E-state index in [0.29, 0.717) is 28.0 Å². The molecule has 11 heteroatoms. The topological polar surface area (TPSA) is 88.1 Å². The van der Waals surface area contributed by atoms with Gasteiger partial charge in [0, 0.05) is 10.0 Å². The molecule has 4 aromatic rings. The highest BCUT2D eigenvalue weighted by Crippen LogP contribution is 2.32. The lowest BCUT2D eigenvalue weighted by molar-refractivity contribution is -0.119. The van der Waals surface area contributed by atoms with E-state index in [9.17, 15) is 13.2 Å². The number of hydrogen-bond acceptors (Lipinski definition) is 5. The van der Waals surface area contributed by atoms with E-state index < -0.39 is 22.5 Å². The van der Waals surface area contributed by atoms with E-state index in [4.69, 9.17) is 39.5 Å². The Morgan fingerprint density at radius 2 is 1.55 bits per heavy atom. The molecule has 0 spiro atoms. The van der Waals surface area contributed by atoms with Gasteiger partial charge in [-0.2, -0.15) is 5.10 Å². The number of benzene rings is 4. The zero-order valence-corrected chi connectivity index (χ0v) is 24.3. The molecule has 7 nitrogen and oxygen atoms in total. The van der Waals surface area contributed by atoms with Gasteiger partial charge >= 0.3 is 0 Å². The van der Waals surface area contributed by atoms with Crippen LogP contribution in [0.2, 0.25) is 15.1 Å². The van der Waals surface area contributed by atoms with Crippen molar-refractivity contribution in [2.24, 2.45) is 5.10 Å². The normalized spacial score (nSPS) is 11.4. The van der Waals surface area contributed by atoms with Crippen molar-refractivity contribution in [2.45, 2.75) is 18.4 Å². The second-order valence-corrected chi connectivity index (χ2v) is 11.8. The lowest BCUT2D eigenvalue weighted by Gasteiger charge is -2.24. The summed E-state index contributed by atoms with van der Waals surface area (Å²) in [6.45, 7) is 1.67. The minimum Gasteiger partial charge on any atom is -0.489 e. The molecule has 0 saturated heterocycles. The third-order valence-electron chi connectivity index (χ3n) is 5.68. The van der Waals surface area contributed by atoms with Crippen molar-refractivity contribution in [2.75, 3.05) is 10.8 Å². The van der Waals surface area contributed by atoms with Gasteiger partial charge in [0.1, 0.15) is 18.9 Å². The van der Waals surface area contributed by atoms with E-state index >= 15 is 0 Å². The van der Waals surface area contributed by atoms with Gasteiger partial charge in [-0.05, 0) is 84.8 Å². The monoisotopic (exact) mass is 615 g/mol. The summed E-state index contributed by atoms with van der Waals surface area (Å²) < 4.78 is 33.7. The second kappa shape index (κ2) is 13.2. The first kappa shape index (κ1) is 29.4. The Morgan fingerprint density at radius 3 is 2.20 bits per heavy atom. The first-order valence-corrected chi connectivity index (χ1v) is 14.5. The highest BCUT2D eigenvalue weighted by atomic mass is 35.5. The number of nitrogens with one attached hydrogen (secondary N) is 1. The summed E-state index contributed by atoms with van der Waals surface area (Å²) in [6, 6.07) is 25.1. The van der Waals surface area contributed by atoms with E-state index in [0.717, 1.165) is 15.4 Å². The molecule has 0 aliphatic rings. The fourth-order valence-electron chi connectivity index (χ4n) is 3.56. The van der Waals surface area contributed by atoms with Gasteiger partial charge in [-0.3, -0.25) is 9.10 Å². The molecule has 4 rings (SSSR count). The molecule has 0 aliphatic heterocycles. The highest BCUT2D eigenvalue weighted by Gasteiger charge is 2.28. The number of nitrogens with zero attached hydrogens (tertiary/aromatic N) is 2. The number of anilines is 1.